The van der Waals surface area contributed by atoms with Crippen LogP contribution in [-0.4, -0.2) is 9.97 Å². The first-order chi connectivity index (χ1) is 7.58. The number of hydrogen-bond acceptors (Lipinski definition) is 2. The van der Waals surface area contributed by atoms with Crippen LogP contribution in [0.1, 0.15) is 11.4 Å². The summed E-state index contributed by atoms with van der Waals surface area (Å²) < 4.78 is 0.658. The Morgan fingerprint density at radius 3 is 2.44 bits per heavy atom. The van der Waals surface area contributed by atoms with Crippen molar-refractivity contribution in [2.24, 2.45) is 0 Å². The number of nitrogens with one attached hydrogen (secondary N) is 1. The number of aromatic nitrogens is 2. The molecule has 0 fully saturated rings. The number of aryl methyl sites for hydroxylation is 2. The third-order valence-corrected chi connectivity index (χ3v) is 3.00. The first kappa shape index (κ1) is 11.3. The molecule has 1 heterocycles. The maximum atomic E-state index is 5.84. The number of benzene rings is 1. The number of halogens is 1. The van der Waals surface area contributed by atoms with E-state index in [4.69, 9.17) is 23.8 Å². The van der Waals surface area contributed by atoms with Crippen molar-refractivity contribution in [1.29, 1.82) is 0 Å². The van der Waals surface area contributed by atoms with Crippen molar-refractivity contribution in [2.45, 2.75) is 13.8 Å². The summed E-state index contributed by atoms with van der Waals surface area (Å²) in [6.07, 6.45) is 0. The van der Waals surface area contributed by atoms with Crippen LogP contribution < -0.4 is 0 Å². The van der Waals surface area contributed by atoms with Gasteiger partial charge in [-0.25, -0.2) is 4.98 Å². The van der Waals surface area contributed by atoms with Crippen molar-refractivity contribution >= 4 is 23.8 Å². The van der Waals surface area contributed by atoms with E-state index < -0.39 is 0 Å². The minimum absolute atomic E-state index is 0.658. The first-order valence-corrected chi connectivity index (χ1v) is 5.70. The highest BCUT2D eigenvalue weighted by Crippen LogP contribution is 2.21. The van der Waals surface area contributed by atoms with Crippen LogP contribution in [0.3, 0.4) is 0 Å². The molecular formula is C12H11ClN2S. The van der Waals surface area contributed by atoms with Gasteiger partial charge in [0.05, 0.1) is 5.69 Å². The van der Waals surface area contributed by atoms with Crippen LogP contribution in [0.25, 0.3) is 11.3 Å². The lowest BCUT2D eigenvalue weighted by atomic mass is 10.1. The molecular weight excluding hydrogens is 240 g/mol. The van der Waals surface area contributed by atoms with E-state index in [1.54, 1.807) is 0 Å². The Balaban J connectivity index is 2.60. The average molecular weight is 251 g/mol. The van der Waals surface area contributed by atoms with E-state index >= 15 is 0 Å². The molecule has 0 spiro atoms. The predicted molar refractivity (Wildman–Crippen MR) is 69.3 cm³/mol. The fraction of sp³-hybridized carbons (Fsp3) is 0.167. The summed E-state index contributed by atoms with van der Waals surface area (Å²) in [7, 11) is 0. The predicted octanol–water partition coefficient (Wildman–Crippen LogP) is 4.08. The fourth-order valence-electron chi connectivity index (χ4n) is 1.43. The molecule has 0 radical (unpaired) electrons. The van der Waals surface area contributed by atoms with Crippen LogP contribution >= 0.6 is 23.8 Å². The fourth-order valence-corrected chi connectivity index (χ4v) is 1.87. The van der Waals surface area contributed by atoms with Crippen LogP contribution in [0.2, 0.25) is 5.02 Å². The van der Waals surface area contributed by atoms with E-state index in [2.05, 4.69) is 9.97 Å². The van der Waals surface area contributed by atoms with Crippen molar-refractivity contribution in [3.8, 4) is 11.3 Å². The highest BCUT2D eigenvalue weighted by Gasteiger charge is 2.04. The molecule has 0 aliphatic carbocycles. The lowest BCUT2D eigenvalue weighted by molar-refractivity contribution is 1.04. The van der Waals surface area contributed by atoms with E-state index in [0.29, 0.717) is 9.66 Å². The summed E-state index contributed by atoms with van der Waals surface area (Å²) >= 11 is 11.1. The molecule has 0 saturated carbocycles. The molecule has 0 amide bonds. The third kappa shape index (κ3) is 2.15. The Morgan fingerprint density at radius 1 is 1.19 bits per heavy atom. The average Bonchev–Trinajstić information content (AvgIpc) is 2.25. The lowest BCUT2D eigenvalue weighted by Gasteiger charge is -2.05. The number of aromatic amines is 1. The Kier molecular flexibility index (Phi) is 3.08. The molecule has 0 saturated heterocycles. The zero-order valence-corrected chi connectivity index (χ0v) is 10.6. The number of hydrogen-bond donors (Lipinski definition) is 1. The van der Waals surface area contributed by atoms with E-state index in [1.165, 1.54) is 0 Å². The molecule has 0 aliphatic rings. The molecule has 0 bridgehead atoms. The molecule has 0 atom stereocenters. The molecule has 1 N–H and O–H groups in total. The van der Waals surface area contributed by atoms with Gasteiger partial charge >= 0.3 is 0 Å². The van der Waals surface area contributed by atoms with Gasteiger partial charge in [-0.1, -0.05) is 36.0 Å². The van der Waals surface area contributed by atoms with E-state index in [1.807, 2.05) is 38.1 Å². The van der Waals surface area contributed by atoms with Gasteiger partial charge in [-0.3, -0.25) is 0 Å². The van der Waals surface area contributed by atoms with Crippen molar-refractivity contribution in [2.75, 3.05) is 0 Å². The summed E-state index contributed by atoms with van der Waals surface area (Å²) in [4.78, 5) is 7.63. The van der Waals surface area contributed by atoms with Gasteiger partial charge in [-0.15, -0.1) is 0 Å². The molecule has 1 aromatic carbocycles. The summed E-state index contributed by atoms with van der Waals surface area (Å²) in [6.45, 7) is 3.92. The minimum Gasteiger partial charge on any atom is -0.347 e. The molecule has 2 nitrogen and oxygen atoms in total. The summed E-state index contributed by atoms with van der Waals surface area (Å²) in [5, 5.41) is 0.711. The van der Waals surface area contributed by atoms with E-state index in [0.717, 1.165) is 22.6 Å². The van der Waals surface area contributed by atoms with Crippen LogP contribution in [0.5, 0.6) is 0 Å². The lowest BCUT2D eigenvalue weighted by Crippen LogP contribution is -1.95. The quantitative estimate of drug-likeness (QED) is 0.773. The van der Waals surface area contributed by atoms with Gasteiger partial charge < -0.3 is 4.98 Å². The molecule has 82 valence electrons. The summed E-state index contributed by atoms with van der Waals surface area (Å²) in [5.41, 5.74) is 3.74. The number of H-pyrrole nitrogens is 1. The van der Waals surface area contributed by atoms with Crippen molar-refractivity contribution in [3.63, 3.8) is 0 Å². The van der Waals surface area contributed by atoms with Gasteiger partial charge in [0.1, 0.15) is 10.3 Å². The molecule has 4 heteroatoms. The second-order valence-electron chi connectivity index (χ2n) is 3.63. The Labute approximate surface area is 104 Å². The Hall–Kier alpha value is -1.19. The highest BCUT2D eigenvalue weighted by molar-refractivity contribution is 7.71. The molecule has 2 rings (SSSR count). The van der Waals surface area contributed by atoms with Gasteiger partial charge in [0.2, 0.25) is 0 Å². The minimum atomic E-state index is 0.658. The van der Waals surface area contributed by atoms with Crippen molar-refractivity contribution in [1.82, 2.24) is 9.97 Å². The maximum absolute atomic E-state index is 5.84. The van der Waals surface area contributed by atoms with Crippen LogP contribution in [0.15, 0.2) is 24.3 Å². The SMILES string of the molecule is Cc1nc(-c2ccc(Cl)cc2)c(=S)[nH]c1C. The monoisotopic (exact) mass is 250 g/mol. The van der Waals surface area contributed by atoms with Gasteiger partial charge in [-0.05, 0) is 26.0 Å². The third-order valence-electron chi connectivity index (χ3n) is 2.46. The van der Waals surface area contributed by atoms with Gasteiger partial charge in [-0.2, -0.15) is 0 Å². The van der Waals surface area contributed by atoms with E-state index in [-0.39, 0.29) is 0 Å². The molecule has 0 aliphatic heterocycles. The molecule has 0 unspecified atom stereocenters. The normalized spacial score (nSPS) is 10.4. The topological polar surface area (TPSA) is 28.7 Å². The summed E-state index contributed by atoms with van der Waals surface area (Å²) in [5.74, 6) is 0. The zero-order valence-electron chi connectivity index (χ0n) is 9.04. The summed E-state index contributed by atoms with van der Waals surface area (Å²) in [6, 6.07) is 7.51. The number of nitrogens with zero attached hydrogens (tertiary/aromatic N) is 1. The first-order valence-electron chi connectivity index (χ1n) is 4.91. The van der Waals surface area contributed by atoms with Crippen LogP contribution in [0, 0.1) is 18.5 Å². The standard InChI is InChI=1S/C12H11ClN2S/c1-7-8(2)15-12(16)11(14-7)9-3-5-10(13)6-4-9/h3-6H,1-2H3,(H,15,16). The Bertz CT molecular complexity index is 573. The smallest absolute Gasteiger partial charge is 0.130 e. The van der Waals surface area contributed by atoms with Crippen molar-refractivity contribution in [3.05, 3.63) is 45.3 Å². The van der Waals surface area contributed by atoms with Crippen molar-refractivity contribution < 1.29 is 0 Å². The van der Waals surface area contributed by atoms with Gasteiger partial charge in [0, 0.05) is 16.3 Å². The number of rotatable bonds is 1. The Morgan fingerprint density at radius 2 is 1.81 bits per heavy atom. The van der Waals surface area contributed by atoms with E-state index in [9.17, 15) is 0 Å². The zero-order chi connectivity index (χ0) is 11.7. The largest absolute Gasteiger partial charge is 0.347 e. The maximum Gasteiger partial charge on any atom is 0.130 e. The van der Waals surface area contributed by atoms with Crippen LogP contribution in [0.4, 0.5) is 0 Å². The van der Waals surface area contributed by atoms with Gasteiger partial charge in [0.15, 0.2) is 0 Å². The van der Waals surface area contributed by atoms with Crippen LogP contribution in [-0.2, 0) is 0 Å². The second-order valence-corrected chi connectivity index (χ2v) is 4.48. The molecule has 2 aromatic rings. The molecule has 1 aromatic heterocycles. The second kappa shape index (κ2) is 4.36. The van der Waals surface area contributed by atoms with Gasteiger partial charge in [0.25, 0.3) is 0 Å². The highest BCUT2D eigenvalue weighted by atomic mass is 35.5. The molecule has 16 heavy (non-hydrogen) atoms.